The lowest BCUT2D eigenvalue weighted by Gasteiger charge is -2.32. The lowest BCUT2D eigenvalue weighted by molar-refractivity contribution is 0.0667. The van der Waals surface area contributed by atoms with Crippen molar-refractivity contribution in [3.05, 3.63) is 0 Å². The summed E-state index contributed by atoms with van der Waals surface area (Å²) in [6.45, 7) is 5.96. The predicted octanol–water partition coefficient (Wildman–Crippen LogP) is -0.691. The largest absolute Gasteiger partial charge is 0.386 e. The van der Waals surface area contributed by atoms with Gasteiger partial charge in [-0.1, -0.05) is 0 Å². The van der Waals surface area contributed by atoms with Crippen LogP contribution in [-0.4, -0.2) is 66.9 Å². The molecule has 0 saturated carbocycles. The number of amidine groups is 1. The molecule has 0 aliphatic carbocycles. The van der Waals surface area contributed by atoms with Gasteiger partial charge in [0.2, 0.25) is 5.96 Å². The molecule has 7 heteroatoms. The molecule has 3 rings (SSSR count). The van der Waals surface area contributed by atoms with Gasteiger partial charge < -0.3 is 15.4 Å². The van der Waals surface area contributed by atoms with E-state index in [9.17, 15) is 0 Å². The van der Waals surface area contributed by atoms with Crippen LogP contribution in [0, 0.1) is 5.92 Å². The molecule has 2 unspecified atom stereocenters. The van der Waals surface area contributed by atoms with E-state index in [2.05, 4.69) is 21.9 Å². The molecule has 18 heavy (non-hydrogen) atoms. The summed E-state index contributed by atoms with van der Waals surface area (Å²) in [5.74, 6) is 1.35. The first-order chi connectivity index (χ1) is 8.79. The second-order valence-corrected chi connectivity index (χ2v) is 4.52. The van der Waals surface area contributed by atoms with Gasteiger partial charge in [-0.2, -0.15) is 10.1 Å². The van der Waals surface area contributed by atoms with E-state index < -0.39 is 0 Å². The van der Waals surface area contributed by atoms with Crippen LogP contribution in [-0.2, 0) is 4.74 Å². The Hall–Kier alpha value is -1.63. The normalized spacial score (nSPS) is 31.2. The Labute approximate surface area is 106 Å². The van der Waals surface area contributed by atoms with Crippen LogP contribution in [0.2, 0.25) is 0 Å². The van der Waals surface area contributed by atoms with E-state index in [1.54, 1.807) is 0 Å². The zero-order valence-electron chi connectivity index (χ0n) is 10.5. The second kappa shape index (κ2) is 4.56. The third-order valence-electron chi connectivity index (χ3n) is 3.44. The van der Waals surface area contributed by atoms with Crippen LogP contribution in [0.3, 0.4) is 0 Å². The van der Waals surface area contributed by atoms with E-state index in [0.29, 0.717) is 5.84 Å². The van der Waals surface area contributed by atoms with Gasteiger partial charge in [-0.05, 0) is 6.92 Å². The quantitative estimate of drug-likeness (QED) is 0.668. The average molecular weight is 250 g/mol. The van der Waals surface area contributed by atoms with Crippen molar-refractivity contribution in [3.8, 4) is 0 Å². The fourth-order valence-electron chi connectivity index (χ4n) is 2.39. The summed E-state index contributed by atoms with van der Waals surface area (Å²) in [7, 11) is 0. The molecule has 7 nitrogen and oxygen atoms in total. The van der Waals surface area contributed by atoms with Crippen molar-refractivity contribution in [1.29, 1.82) is 0 Å². The van der Waals surface area contributed by atoms with Crippen LogP contribution in [0.25, 0.3) is 0 Å². The molecule has 2 N–H and O–H groups in total. The van der Waals surface area contributed by atoms with E-state index in [-0.39, 0.29) is 12.1 Å². The highest BCUT2D eigenvalue weighted by Crippen LogP contribution is 2.23. The van der Waals surface area contributed by atoms with Crippen molar-refractivity contribution in [1.82, 2.24) is 9.91 Å². The third-order valence-corrected chi connectivity index (χ3v) is 3.44. The summed E-state index contributed by atoms with van der Waals surface area (Å²) in [5.41, 5.74) is 6.03. The van der Waals surface area contributed by atoms with Crippen LogP contribution in [0.1, 0.15) is 6.92 Å². The number of ether oxygens (including phenoxy) is 1. The summed E-state index contributed by atoms with van der Waals surface area (Å²) >= 11 is 0. The molecule has 1 saturated heterocycles. The maximum Gasteiger partial charge on any atom is 0.224 e. The van der Waals surface area contributed by atoms with Crippen LogP contribution in [0.5, 0.6) is 0 Å². The first-order valence-electron chi connectivity index (χ1n) is 6.35. The predicted molar refractivity (Wildman–Crippen MR) is 69.6 cm³/mol. The molecule has 0 radical (unpaired) electrons. The number of rotatable bonds is 1. The highest BCUT2D eigenvalue weighted by Gasteiger charge is 2.36. The van der Waals surface area contributed by atoms with Crippen LogP contribution >= 0.6 is 0 Å². The van der Waals surface area contributed by atoms with Gasteiger partial charge in [-0.25, -0.2) is 4.99 Å². The van der Waals surface area contributed by atoms with Crippen molar-refractivity contribution >= 4 is 18.0 Å². The molecule has 0 aromatic rings. The minimum Gasteiger partial charge on any atom is -0.386 e. The minimum absolute atomic E-state index is 0.0228. The number of guanidine groups is 1. The molecule has 1 fully saturated rings. The number of fused-ring (bicyclic) bond motifs is 1. The van der Waals surface area contributed by atoms with Crippen molar-refractivity contribution in [2.24, 2.45) is 26.7 Å². The van der Waals surface area contributed by atoms with Crippen molar-refractivity contribution < 1.29 is 4.74 Å². The molecule has 0 bridgehead atoms. The maximum absolute atomic E-state index is 6.03. The molecule has 3 aliphatic heterocycles. The molecule has 3 heterocycles. The van der Waals surface area contributed by atoms with Crippen molar-refractivity contribution in [2.45, 2.75) is 13.1 Å². The fourth-order valence-corrected chi connectivity index (χ4v) is 2.39. The van der Waals surface area contributed by atoms with Crippen LogP contribution < -0.4 is 5.73 Å². The van der Waals surface area contributed by atoms with E-state index >= 15 is 0 Å². The lowest BCUT2D eigenvalue weighted by Crippen LogP contribution is -2.47. The van der Waals surface area contributed by atoms with Crippen LogP contribution in [0.4, 0.5) is 0 Å². The van der Waals surface area contributed by atoms with E-state index in [0.717, 1.165) is 38.8 Å². The van der Waals surface area contributed by atoms with Gasteiger partial charge in [0, 0.05) is 25.8 Å². The summed E-state index contributed by atoms with van der Waals surface area (Å²) < 4.78 is 5.33. The van der Waals surface area contributed by atoms with Gasteiger partial charge in [-0.15, -0.1) is 0 Å². The van der Waals surface area contributed by atoms with Gasteiger partial charge in [0.25, 0.3) is 0 Å². The Morgan fingerprint density at radius 2 is 2.22 bits per heavy atom. The number of morpholine rings is 1. The Balaban J connectivity index is 1.83. The van der Waals surface area contributed by atoms with Gasteiger partial charge >= 0.3 is 0 Å². The molecular weight excluding hydrogens is 232 g/mol. The van der Waals surface area contributed by atoms with Gasteiger partial charge in [0.1, 0.15) is 5.84 Å². The highest BCUT2D eigenvalue weighted by molar-refractivity contribution is 6.06. The number of hydrogen-bond donors (Lipinski definition) is 1. The van der Waals surface area contributed by atoms with Gasteiger partial charge in [-0.3, -0.25) is 5.01 Å². The Morgan fingerprint density at radius 1 is 1.44 bits per heavy atom. The first kappa shape index (κ1) is 11.5. The average Bonchev–Trinajstić information content (AvgIpc) is 2.83. The second-order valence-electron chi connectivity index (χ2n) is 4.52. The SMILES string of the molecule is CCN1N=CC2C(N)=NC(N3CCOCC3)=NC21. The van der Waals surface area contributed by atoms with Crippen molar-refractivity contribution in [3.63, 3.8) is 0 Å². The fraction of sp³-hybridized carbons (Fsp3) is 0.727. The molecule has 0 aromatic heterocycles. The number of hydrogen-bond acceptors (Lipinski definition) is 7. The van der Waals surface area contributed by atoms with Gasteiger partial charge in [0.05, 0.1) is 19.1 Å². The standard InChI is InChI=1S/C11H18N6O/c1-2-17-10-8(7-13-17)9(12)14-11(15-10)16-3-5-18-6-4-16/h7-8,10H,2-6H2,1H3,(H2,12,14,15). The molecule has 98 valence electrons. The summed E-state index contributed by atoms with van der Waals surface area (Å²) in [5, 5.41) is 6.28. The minimum atomic E-state index is -0.0228. The molecule has 0 spiro atoms. The molecule has 0 aromatic carbocycles. The highest BCUT2D eigenvalue weighted by atomic mass is 16.5. The Bertz CT molecular complexity index is 412. The summed E-state index contributed by atoms with van der Waals surface area (Å²) in [6, 6.07) is 0. The molecule has 2 atom stereocenters. The topological polar surface area (TPSA) is 78.8 Å². The summed E-state index contributed by atoms with van der Waals surface area (Å²) in [6.07, 6.45) is 1.82. The summed E-state index contributed by atoms with van der Waals surface area (Å²) in [4.78, 5) is 11.2. The smallest absolute Gasteiger partial charge is 0.224 e. The first-order valence-corrected chi connectivity index (χ1v) is 6.35. The number of nitrogens with two attached hydrogens (primary N) is 1. The molecular formula is C11H18N6O. The monoisotopic (exact) mass is 250 g/mol. The Morgan fingerprint density at radius 3 is 2.94 bits per heavy atom. The zero-order valence-corrected chi connectivity index (χ0v) is 10.5. The number of aliphatic imine (C=N–C) groups is 2. The van der Waals surface area contributed by atoms with E-state index in [4.69, 9.17) is 15.5 Å². The lowest BCUT2D eigenvalue weighted by atomic mass is 10.1. The van der Waals surface area contributed by atoms with Crippen molar-refractivity contribution in [2.75, 3.05) is 32.8 Å². The van der Waals surface area contributed by atoms with Gasteiger partial charge in [0.15, 0.2) is 6.17 Å². The van der Waals surface area contributed by atoms with Crippen LogP contribution in [0.15, 0.2) is 15.1 Å². The van der Waals surface area contributed by atoms with E-state index in [1.165, 1.54) is 0 Å². The third kappa shape index (κ3) is 1.84. The number of nitrogens with zero attached hydrogens (tertiary/aromatic N) is 5. The molecule has 3 aliphatic rings. The number of hydrazone groups is 1. The zero-order chi connectivity index (χ0) is 12.5. The maximum atomic E-state index is 6.03. The molecule has 0 amide bonds. The van der Waals surface area contributed by atoms with E-state index in [1.807, 2.05) is 11.2 Å². The Kier molecular flexibility index (Phi) is 2.91.